The van der Waals surface area contributed by atoms with Gasteiger partial charge < -0.3 is 4.74 Å². The highest BCUT2D eigenvalue weighted by Gasteiger charge is 2.39. The fourth-order valence-electron chi connectivity index (χ4n) is 3.19. The summed E-state index contributed by atoms with van der Waals surface area (Å²) in [4.78, 5) is 0. The number of ether oxygens (including phenoxy) is 1. The lowest BCUT2D eigenvalue weighted by Gasteiger charge is -2.38. The lowest BCUT2D eigenvalue weighted by atomic mass is 9.82. The van der Waals surface area contributed by atoms with E-state index in [1.54, 1.807) is 0 Å². The van der Waals surface area contributed by atoms with Crippen molar-refractivity contribution in [3.8, 4) is 0 Å². The van der Waals surface area contributed by atoms with Crippen LogP contribution in [0.15, 0.2) is 0 Å². The third-order valence-corrected chi connectivity index (χ3v) is 4.08. The van der Waals surface area contributed by atoms with E-state index in [1.807, 2.05) is 0 Å². The first kappa shape index (κ1) is 10.1. The topological polar surface area (TPSA) is 9.23 Å². The number of hydrogen-bond acceptors (Lipinski definition) is 1. The minimum absolute atomic E-state index is 0.117. The van der Waals surface area contributed by atoms with Crippen molar-refractivity contribution in [1.29, 1.82) is 0 Å². The lowest BCUT2D eigenvalue weighted by Crippen LogP contribution is -2.37. The normalized spacial score (nSPS) is 35.7. The molecule has 1 spiro atoms. The van der Waals surface area contributed by atoms with E-state index >= 15 is 0 Å². The number of unbranched alkanes of at least 4 members (excludes halogenated alkanes) is 2. The van der Waals surface area contributed by atoms with Crippen molar-refractivity contribution < 1.29 is 6.11 Å². The number of hydrogen-bond donors (Lipinski definition) is 0. The molecule has 1 saturated heterocycles. The molecule has 2 fully saturated rings. The molecule has 1 atom stereocenters. The summed E-state index contributed by atoms with van der Waals surface area (Å²) in [7, 11) is 0. The highest BCUT2D eigenvalue weighted by molar-refractivity contribution is 4.91. The van der Waals surface area contributed by atoms with Gasteiger partial charge in [-0.2, -0.15) is 0 Å². The molecule has 1 aliphatic heterocycles. The van der Waals surface area contributed by atoms with Crippen molar-refractivity contribution in [2.45, 2.75) is 76.7 Å². The van der Waals surface area contributed by atoms with Crippen LogP contribution >= 0.6 is 0 Å². The first-order valence-electron chi connectivity index (χ1n) is 7.32. The maximum atomic E-state index is 8.61. The van der Waals surface area contributed by atoms with Gasteiger partial charge >= 0.3 is 0 Å². The molecule has 0 aromatic heterocycles. The van der Waals surface area contributed by atoms with E-state index in [1.165, 1.54) is 44.9 Å². The predicted octanol–water partition coefficient (Wildman–Crippen LogP) is 4.31. The fourth-order valence-corrected chi connectivity index (χ4v) is 3.19. The second kappa shape index (κ2) is 5.34. The standard InChI is InChI=1S/C14H26O/c1-2-3-4-7-13-8-11-15-14(12-13)9-5-6-10-14/h13H,2-12H2,1H3/i13D. The summed E-state index contributed by atoms with van der Waals surface area (Å²) >= 11 is 0. The van der Waals surface area contributed by atoms with Gasteiger partial charge in [-0.3, -0.25) is 0 Å². The summed E-state index contributed by atoms with van der Waals surface area (Å²) in [6.45, 7) is 3.06. The average Bonchev–Trinajstić information content (AvgIpc) is 2.66. The Bertz CT molecular complexity index is 223. The van der Waals surface area contributed by atoms with Gasteiger partial charge in [0.05, 0.1) is 5.60 Å². The minimum Gasteiger partial charge on any atom is -0.375 e. The van der Waals surface area contributed by atoms with Crippen LogP contribution in [0.2, 0.25) is 0 Å². The van der Waals surface area contributed by atoms with E-state index in [0.717, 1.165) is 25.9 Å². The monoisotopic (exact) mass is 211 g/mol. The molecule has 2 rings (SSSR count). The molecule has 88 valence electrons. The van der Waals surface area contributed by atoms with Gasteiger partial charge in [-0.15, -0.1) is 0 Å². The highest BCUT2D eigenvalue weighted by Crippen LogP contribution is 2.43. The van der Waals surface area contributed by atoms with E-state index in [-0.39, 0.29) is 11.5 Å². The summed E-state index contributed by atoms with van der Waals surface area (Å²) in [6.07, 6.45) is 11.9. The molecule has 0 amide bonds. The van der Waals surface area contributed by atoms with Crippen molar-refractivity contribution in [2.75, 3.05) is 6.61 Å². The van der Waals surface area contributed by atoms with Crippen molar-refractivity contribution in [3.63, 3.8) is 0 Å². The van der Waals surface area contributed by atoms with E-state index in [0.29, 0.717) is 0 Å². The van der Waals surface area contributed by atoms with Crippen LogP contribution in [0, 0.1) is 5.89 Å². The molecule has 15 heavy (non-hydrogen) atoms. The molecule has 1 heteroatoms. The smallest absolute Gasteiger partial charge is 0.0685 e. The molecule has 1 saturated carbocycles. The van der Waals surface area contributed by atoms with Crippen molar-refractivity contribution in [1.82, 2.24) is 0 Å². The Morgan fingerprint density at radius 2 is 2.13 bits per heavy atom. The highest BCUT2D eigenvalue weighted by atomic mass is 16.5. The molecule has 0 N–H and O–H groups in total. The third kappa shape index (κ3) is 2.96. The lowest BCUT2D eigenvalue weighted by molar-refractivity contribution is -0.0938. The van der Waals surface area contributed by atoms with Crippen LogP contribution < -0.4 is 0 Å². The van der Waals surface area contributed by atoms with Gasteiger partial charge in [0.25, 0.3) is 0 Å². The molecule has 0 radical (unpaired) electrons. The van der Waals surface area contributed by atoms with E-state index in [4.69, 9.17) is 6.11 Å². The second-order valence-electron chi connectivity index (χ2n) is 5.37. The zero-order valence-corrected chi connectivity index (χ0v) is 10.2. The van der Waals surface area contributed by atoms with Crippen LogP contribution in [0.5, 0.6) is 0 Å². The molecule has 1 unspecified atom stereocenters. The number of rotatable bonds is 4. The van der Waals surface area contributed by atoms with Gasteiger partial charge in [-0.1, -0.05) is 45.4 Å². The zero-order chi connectivity index (χ0) is 11.5. The molecule has 0 aromatic carbocycles. The maximum Gasteiger partial charge on any atom is 0.0685 e. The maximum absolute atomic E-state index is 8.61. The predicted molar refractivity (Wildman–Crippen MR) is 64.0 cm³/mol. The van der Waals surface area contributed by atoms with Gasteiger partial charge in [0.1, 0.15) is 0 Å². The summed E-state index contributed by atoms with van der Waals surface area (Å²) < 4.78 is 14.6. The second-order valence-corrected chi connectivity index (χ2v) is 5.37. The molecule has 0 aromatic rings. The summed E-state index contributed by atoms with van der Waals surface area (Å²) in [5.41, 5.74) is 0.117. The molecular formula is C14H26O. The van der Waals surface area contributed by atoms with E-state index < -0.39 is 0 Å². The summed E-state index contributed by atoms with van der Waals surface area (Å²) in [6, 6.07) is 0. The Kier molecular flexibility index (Phi) is 3.61. The molecule has 1 aliphatic carbocycles. The van der Waals surface area contributed by atoms with Crippen LogP contribution in [0.4, 0.5) is 0 Å². The van der Waals surface area contributed by atoms with Crippen LogP contribution in [0.1, 0.15) is 72.5 Å². The van der Waals surface area contributed by atoms with Gasteiger partial charge in [0.15, 0.2) is 0 Å². The van der Waals surface area contributed by atoms with Crippen LogP contribution in [-0.2, 0) is 4.74 Å². The molecule has 2 aliphatic rings. The fraction of sp³-hybridized carbons (Fsp3) is 1.00. The Hall–Kier alpha value is -0.0400. The third-order valence-electron chi connectivity index (χ3n) is 4.08. The first-order chi connectivity index (χ1) is 7.68. The average molecular weight is 211 g/mol. The van der Waals surface area contributed by atoms with Gasteiger partial charge in [-0.05, 0) is 31.6 Å². The quantitative estimate of drug-likeness (QED) is 0.630. The van der Waals surface area contributed by atoms with Gasteiger partial charge in [-0.25, -0.2) is 0 Å². The van der Waals surface area contributed by atoms with E-state index in [9.17, 15) is 0 Å². The van der Waals surface area contributed by atoms with E-state index in [2.05, 4.69) is 6.92 Å². The van der Waals surface area contributed by atoms with Crippen molar-refractivity contribution in [3.05, 3.63) is 0 Å². The molecule has 1 heterocycles. The Morgan fingerprint density at radius 1 is 1.33 bits per heavy atom. The molecule has 1 nitrogen and oxygen atoms in total. The Labute approximate surface area is 96.0 Å². The van der Waals surface area contributed by atoms with Gasteiger partial charge in [0, 0.05) is 7.98 Å². The zero-order valence-electron chi connectivity index (χ0n) is 11.2. The minimum atomic E-state index is -0.169. The summed E-state index contributed by atoms with van der Waals surface area (Å²) in [5, 5.41) is 0. The SMILES string of the molecule is [2H]C1(CCCCC)CCOC2(CCCC2)C1. The Morgan fingerprint density at radius 3 is 2.87 bits per heavy atom. The van der Waals surface area contributed by atoms with Crippen molar-refractivity contribution in [2.24, 2.45) is 5.89 Å². The summed E-state index contributed by atoms with van der Waals surface area (Å²) in [5.74, 6) is -0.169. The van der Waals surface area contributed by atoms with Crippen molar-refractivity contribution >= 4 is 0 Å². The van der Waals surface area contributed by atoms with Crippen LogP contribution in [0.25, 0.3) is 0 Å². The van der Waals surface area contributed by atoms with Crippen LogP contribution in [0.3, 0.4) is 0 Å². The molecule has 0 bridgehead atoms. The van der Waals surface area contributed by atoms with Crippen LogP contribution in [-0.4, -0.2) is 12.2 Å². The first-order valence-corrected chi connectivity index (χ1v) is 6.82. The Balaban J connectivity index is 1.89. The van der Waals surface area contributed by atoms with Gasteiger partial charge in [0.2, 0.25) is 0 Å². The molecular weight excluding hydrogens is 184 g/mol. The largest absolute Gasteiger partial charge is 0.375 e.